The van der Waals surface area contributed by atoms with Gasteiger partial charge in [0.25, 0.3) is 0 Å². The molecule has 0 saturated carbocycles. The van der Waals surface area contributed by atoms with Gasteiger partial charge in [-0.25, -0.2) is 4.79 Å². The van der Waals surface area contributed by atoms with Crippen LogP contribution in [-0.4, -0.2) is 36.1 Å². The molecule has 0 aromatic carbocycles. The summed E-state index contributed by atoms with van der Waals surface area (Å²) in [5.74, 6) is -0.293. The Kier molecular flexibility index (Phi) is 6.12. The number of carboxylic acid groups (broad SMARTS) is 1. The van der Waals surface area contributed by atoms with Gasteiger partial charge in [0.05, 0.1) is 0 Å². The lowest BCUT2D eigenvalue weighted by molar-refractivity contribution is -0.142. The van der Waals surface area contributed by atoms with Crippen LogP contribution >= 0.6 is 0 Å². The minimum Gasteiger partial charge on any atom is -0.480 e. The van der Waals surface area contributed by atoms with Crippen LogP contribution in [0.4, 0.5) is 0 Å². The second-order valence-corrected chi connectivity index (χ2v) is 5.15. The minimum absolute atomic E-state index is 0.151. The Morgan fingerprint density at radius 1 is 1.50 bits per heavy atom. The normalized spacial score (nSPS) is 23.1. The van der Waals surface area contributed by atoms with Crippen LogP contribution < -0.4 is 10.6 Å². The minimum atomic E-state index is -0.960. The highest BCUT2D eigenvalue weighted by atomic mass is 16.4. The lowest BCUT2D eigenvalue weighted by Crippen LogP contribution is -2.42. The quantitative estimate of drug-likeness (QED) is 0.662. The molecule has 18 heavy (non-hydrogen) atoms. The third-order valence-electron chi connectivity index (χ3n) is 3.69. The molecule has 0 aromatic heterocycles. The monoisotopic (exact) mass is 256 g/mol. The van der Waals surface area contributed by atoms with Gasteiger partial charge in [-0.3, -0.25) is 4.79 Å². The van der Waals surface area contributed by atoms with E-state index in [1.54, 1.807) is 6.92 Å². The van der Waals surface area contributed by atoms with Crippen molar-refractivity contribution in [2.24, 2.45) is 11.8 Å². The largest absolute Gasteiger partial charge is 0.480 e. The van der Waals surface area contributed by atoms with E-state index in [-0.39, 0.29) is 5.91 Å². The van der Waals surface area contributed by atoms with Crippen molar-refractivity contribution in [1.29, 1.82) is 0 Å². The maximum Gasteiger partial charge on any atom is 0.326 e. The lowest BCUT2D eigenvalue weighted by Gasteiger charge is -2.28. The number of carbonyl (C=O) groups is 2. The van der Waals surface area contributed by atoms with Gasteiger partial charge in [0.1, 0.15) is 6.04 Å². The second kappa shape index (κ2) is 7.36. The third-order valence-corrected chi connectivity index (χ3v) is 3.69. The highest BCUT2D eigenvalue weighted by Gasteiger charge is 2.24. The first-order chi connectivity index (χ1) is 8.54. The molecule has 5 nitrogen and oxygen atoms in total. The molecule has 0 aliphatic carbocycles. The predicted octanol–water partition coefficient (Wildman–Crippen LogP) is 0.992. The fraction of sp³-hybridized carbons (Fsp3) is 0.846. The van der Waals surface area contributed by atoms with E-state index in [9.17, 15) is 9.59 Å². The van der Waals surface area contributed by atoms with Crippen molar-refractivity contribution in [3.8, 4) is 0 Å². The third kappa shape index (κ3) is 4.64. The van der Waals surface area contributed by atoms with Crippen LogP contribution in [0, 0.1) is 11.8 Å². The number of carboxylic acids is 1. The number of aliphatic carboxylic acids is 1. The number of hydrogen-bond donors (Lipinski definition) is 3. The summed E-state index contributed by atoms with van der Waals surface area (Å²) < 4.78 is 0. The summed E-state index contributed by atoms with van der Waals surface area (Å²) in [6.45, 7) is 5.85. The Balaban J connectivity index is 2.36. The molecule has 3 N–H and O–H groups in total. The highest BCUT2D eigenvalue weighted by molar-refractivity contribution is 5.83. The van der Waals surface area contributed by atoms with Gasteiger partial charge in [-0.05, 0) is 44.2 Å². The van der Waals surface area contributed by atoms with E-state index in [0.29, 0.717) is 24.7 Å². The fourth-order valence-corrected chi connectivity index (χ4v) is 2.42. The molecular weight excluding hydrogens is 232 g/mol. The Morgan fingerprint density at radius 3 is 2.72 bits per heavy atom. The van der Waals surface area contributed by atoms with Crippen LogP contribution in [0.1, 0.15) is 39.5 Å². The molecule has 1 aliphatic heterocycles. The molecule has 1 rings (SSSR count). The van der Waals surface area contributed by atoms with E-state index in [1.165, 1.54) is 0 Å². The van der Waals surface area contributed by atoms with Crippen LogP contribution in [0.2, 0.25) is 0 Å². The highest BCUT2D eigenvalue weighted by Crippen LogP contribution is 2.22. The van der Waals surface area contributed by atoms with Gasteiger partial charge >= 0.3 is 5.97 Å². The average Bonchev–Trinajstić information content (AvgIpc) is 2.36. The van der Waals surface area contributed by atoms with E-state index in [2.05, 4.69) is 17.6 Å². The summed E-state index contributed by atoms with van der Waals surface area (Å²) >= 11 is 0. The standard InChI is InChI=1S/C13H24N2O3/c1-3-11(13(17)18)15-12(16)7-9(2)10-5-4-6-14-8-10/h9-11,14H,3-8H2,1-2H3,(H,15,16)(H,17,18)/t9?,10?,11-/m1/s1. The summed E-state index contributed by atoms with van der Waals surface area (Å²) in [5.41, 5.74) is 0. The number of piperidine rings is 1. The van der Waals surface area contributed by atoms with Gasteiger partial charge in [0.2, 0.25) is 5.91 Å². The number of amides is 1. The summed E-state index contributed by atoms with van der Waals surface area (Å²) in [4.78, 5) is 22.6. The summed E-state index contributed by atoms with van der Waals surface area (Å²) in [5, 5.41) is 14.8. The van der Waals surface area contributed by atoms with Gasteiger partial charge in [-0.1, -0.05) is 13.8 Å². The predicted molar refractivity (Wildman–Crippen MR) is 69.2 cm³/mol. The Bertz CT molecular complexity index is 288. The van der Waals surface area contributed by atoms with E-state index in [1.807, 2.05) is 0 Å². The molecule has 5 heteroatoms. The van der Waals surface area contributed by atoms with Crippen LogP contribution in [0.25, 0.3) is 0 Å². The SMILES string of the molecule is CC[C@@H](NC(=O)CC(C)C1CCCNC1)C(=O)O. The topological polar surface area (TPSA) is 78.4 Å². The smallest absolute Gasteiger partial charge is 0.326 e. The van der Waals surface area contributed by atoms with Crippen LogP contribution in [-0.2, 0) is 9.59 Å². The van der Waals surface area contributed by atoms with E-state index >= 15 is 0 Å². The number of hydrogen-bond acceptors (Lipinski definition) is 3. The van der Waals surface area contributed by atoms with Crippen molar-refractivity contribution < 1.29 is 14.7 Å². The van der Waals surface area contributed by atoms with Crippen LogP contribution in [0.3, 0.4) is 0 Å². The van der Waals surface area contributed by atoms with Crippen molar-refractivity contribution in [1.82, 2.24) is 10.6 Å². The maximum atomic E-state index is 11.8. The van der Waals surface area contributed by atoms with Gasteiger partial charge in [0, 0.05) is 6.42 Å². The molecule has 0 bridgehead atoms. The van der Waals surface area contributed by atoms with E-state index in [4.69, 9.17) is 5.11 Å². The Hall–Kier alpha value is -1.10. The molecule has 1 fully saturated rings. The van der Waals surface area contributed by atoms with Gasteiger partial charge in [-0.2, -0.15) is 0 Å². The molecule has 2 unspecified atom stereocenters. The Labute approximate surface area is 108 Å². The van der Waals surface area contributed by atoms with Gasteiger partial charge in [0.15, 0.2) is 0 Å². The average molecular weight is 256 g/mol. The van der Waals surface area contributed by atoms with Crippen molar-refractivity contribution in [3.05, 3.63) is 0 Å². The van der Waals surface area contributed by atoms with Gasteiger partial charge < -0.3 is 15.7 Å². The maximum absolute atomic E-state index is 11.8. The van der Waals surface area contributed by atoms with Crippen molar-refractivity contribution in [3.63, 3.8) is 0 Å². The lowest BCUT2D eigenvalue weighted by atomic mass is 9.85. The fourth-order valence-electron chi connectivity index (χ4n) is 2.42. The molecule has 1 aliphatic rings. The first-order valence-electron chi connectivity index (χ1n) is 6.77. The Morgan fingerprint density at radius 2 is 2.22 bits per heavy atom. The van der Waals surface area contributed by atoms with Crippen LogP contribution in [0.5, 0.6) is 0 Å². The molecule has 104 valence electrons. The molecular formula is C13H24N2O3. The van der Waals surface area contributed by atoms with E-state index in [0.717, 1.165) is 25.9 Å². The molecule has 1 saturated heterocycles. The molecule has 1 amide bonds. The molecule has 0 aromatic rings. The molecule has 0 spiro atoms. The summed E-state index contributed by atoms with van der Waals surface area (Å²) in [7, 11) is 0. The second-order valence-electron chi connectivity index (χ2n) is 5.15. The molecule has 1 heterocycles. The van der Waals surface area contributed by atoms with Crippen molar-refractivity contribution in [2.45, 2.75) is 45.6 Å². The number of rotatable bonds is 6. The van der Waals surface area contributed by atoms with Crippen molar-refractivity contribution >= 4 is 11.9 Å². The summed E-state index contributed by atoms with van der Waals surface area (Å²) in [6, 6.07) is -0.755. The molecule has 3 atom stereocenters. The zero-order valence-corrected chi connectivity index (χ0v) is 11.2. The van der Waals surface area contributed by atoms with Crippen LogP contribution in [0.15, 0.2) is 0 Å². The van der Waals surface area contributed by atoms with E-state index < -0.39 is 12.0 Å². The van der Waals surface area contributed by atoms with Crippen molar-refractivity contribution in [2.75, 3.05) is 13.1 Å². The molecule has 0 radical (unpaired) electrons. The zero-order chi connectivity index (χ0) is 13.5. The van der Waals surface area contributed by atoms with Gasteiger partial charge in [-0.15, -0.1) is 0 Å². The first kappa shape index (κ1) is 15.0. The number of carbonyl (C=O) groups excluding carboxylic acids is 1. The number of nitrogens with one attached hydrogen (secondary N) is 2. The zero-order valence-electron chi connectivity index (χ0n) is 11.2. The summed E-state index contributed by atoms with van der Waals surface area (Å²) in [6.07, 6.45) is 3.14. The first-order valence-corrected chi connectivity index (χ1v) is 6.77.